The summed E-state index contributed by atoms with van der Waals surface area (Å²) in [6, 6.07) is 0. The van der Waals surface area contributed by atoms with E-state index in [9.17, 15) is 28.8 Å². The fraction of sp³-hybridized carbons (Fsp3) is 0.739. The monoisotopic (exact) mass is 755 g/mol. The minimum absolute atomic E-state index is 0. The molecule has 0 saturated carbocycles. The normalized spacial score (nSPS) is 12.3. The molecule has 0 aromatic carbocycles. The zero-order valence-corrected chi connectivity index (χ0v) is 31.0. The Balaban J connectivity index is 0. The number of carbonyl (C=O) groups excluding carboxylic acids is 6. The van der Waals surface area contributed by atoms with Crippen molar-refractivity contribution in [1.82, 2.24) is 16.0 Å². The number of carbonyl (C=O) groups is 6. The van der Waals surface area contributed by atoms with Crippen molar-refractivity contribution in [1.29, 1.82) is 0 Å². The molecule has 0 aliphatic heterocycles. The molecular weight excluding hydrogens is 717 g/mol. The summed E-state index contributed by atoms with van der Waals surface area (Å²) in [5.74, 6) is -2.46. The number of hydrogen-bond acceptors (Lipinski definition) is 10. The van der Waals surface area contributed by atoms with E-state index in [0.717, 1.165) is 0 Å². The summed E-state index contributed by atoms with van der Waals surface area (Å²) in [6.07, 6.45) is 0.270. The number of hydrogen-bond donors (Lipinski definition) is 3. The Labute approximate surface area is 301 Å². The molecule has 41 heavy (non-hydrogen) atoms. The number of amides is 3. The van der Waals surface area contributed by atoms with Gasteiger partial charge < -0.3 is 68.0 Å². The Kier molecular flexibility index (Phi) is 31.2. The summed E-state index contributed by atoms with van der Waals surface area (Å²) in [5.41, 5.74) is -0.476. The minimum atomic E-state index is -1.36. The topological polar surface area (TPSA) is 175 Å². The molecule has 0 aromatic heterocycles. The number of ketones is 1. The van der Waals surface area contributed by atoms with E-state index in [2.05, 4.69) is 16.0 Å². The van der Waals surface area contributed by atoms with Crippen LogP contribution in [0.15, 0.2) is 0 Å². The molecule has 0 aromatic rings. The molecule has 0 saturated heterocycles. The van der Waals surface area contributed by atoms with Crippen LogP contribution in [0.1, 0.15) is 26.2 Å². The molecule has 0 fully saturated rings. The fourth-order valence-electron chi connectivity index (χ4n) is 2.84. The molecule has 0 rings (SSSR count). The largest absolute Gasteiger partial charge is 1.00 e. The first-order chi connectivity index (χ1) is 19.1. The average Bonchev–Trinajstić information content (AvgIpc) is 2.93. The molecule has 0 aliphatic carbocycles. The van der Waals surface area contributed by atoms with E-state index in [1.807, 2.05) is 29.0 Å². The quantitative estimate of drug-likeness (QED) is 0.0366. The van der Waals surface area contributed by atoms with Crippen molar-refractivity contribution in [3.63, 3.8) is 0 Å². The smallest absolute Gasteiger partial charge is 0.388 e. The van der Waals surface area contributed by atoms with Crippen LogP contribution in [0.5, 0.6) is 0 Å². The van der Waals surface area contributed by atoms with Gasteiger partial charge in [0.15, 0.2) is 11.3 Å². The van der Waals surface area contributed by atoms with Crippen molar-refractivity contribution in [3.05, 3.63) is 0 Å². The van der Waals surface area contributed by atoms with Gasteiger partial charge in [0.25, 0.3) is 0 Å². The van der Waals surface area contributed by atoms with Gasteiger partial charge in [0, 0.05) is 44.0 Å². The van der Waals surface area contributed by atoms with Crippen LogP contribution in [0.4, 0.5) is 0 Å². The van der Waals surface area contributed by atoms with E-state index < -0.39 is 25.5 Å². The van der Waals surface area contributed by atoms with Gasteiger partial charge in [-0.3, -0.25) is 24.0 Å². The van der Waals surface area contributed by atoms with Crippen molar-refractivity contribution in [3.8, 4) is 0 Å². The van der Waals surface area contributed by atoms with Crippen LogP contribution >= 0.6 is 36.1 Å². The average molecular weight is 755 g/mol. The second-order valence-electron chi connectivity index (χ2n) is 8.22. The number of nitrogens with one attached hydrogen (secondary N) is 3. The van der Waals surface area contributed by atoms with Gasteiger partial charge in [0.05, 0.1) is 39.6 Å². The molecule has 18 heteroatoms. The molecule has 13 nitrogen and oxygen atoms in total. The first-order valence-corrected chi connectivity index (χ1v) is 18.1. The fourth-order valence-corrected chi connectivity index (χ4v) is 3.81. The number of ether oxygens (including phenoxy) is 4. The molecule has 0 spiro atoms. The van der Waals surface area contributed by atoms with E-state index in [1.165, 1.54) is 0 Å². The van der Waals surface area contributed by atoms with Crippen molar-refractivity contribution < 1.29 is 99.1 Å². The van der Waals surface area contributed by atoms with Crippen LogP contribution in [-0.2, 0) is 47.7 Å². The van der Waals surface area contributed by atoms with Gasteiger partial charge >= 0.3 is 51.4 Å². The first kappa shape index (κ1) is 43.7. The van der Waals surface area contributed by atoms with Crippen LogP contribution in [0.25, 0.3) is 0 Å². The Morgan fingerprint density at radius 1 is 0.854 bits per heavy atom. The van der Waals surface area contributed by atoms with E-state index in [4.69, 9.17) is 26.5 Å². The Morgan fingerprint density at radius 2 is 1.49 bits per heavy atom. The predicted molar refractivity (Wildman–Crippen MR) is 160 cm³/mol. The third-order valence-electron chi connectivity index (χ3n) is 4.92. The van der Waals surface area contributed by atoms with E-state index >= 15 is 0 Å². The van der Waals surface area contributed by atoms with Crippen LogP contribution in [0.2, 0.25) is 0 Å². The van der Waals surface area contributed by atoms with E-state index in [-0.39, 0.29) is 146 Å². The molecule has 0 heterocycles. The van der Waals surface area contributed by atoms with Gasteiger partial charge in [0.2, 0.25) is 17.7 Å². The van der Waals surface area contributed by atoms with Gasteiger partial charge in [0.1, 0.15) is 20.8 Å². The van der Waals surface area contributed by atoms with Crippen LogP contribution in [0, 0.1) is 5.92 Å². The molecule has 3 amide bonds. The molecule has 3 N–H and O–H groups in total. The minimum Gasteiger partial charge on any atom is -0.388 e. The Hall–Kier alpha value is 0.551. The zero-order chi connectivity index (χ0) is 30.2. The molecule has 2 unspecified atom stereocenters. The van der Waals surface area contributed by atoms with Gasteiger partial charge in [-0.15, -0.1) is 0 Å². The molecule has 2 radical (unpaired) electrons. The molecule has 0 bridgehead atoms. The second-order valence-corrected chi connectivity index (χ2v) is 12.1. The number of rotatable bonds is 26. The maximum atomic E-state index is 12.6. The van der Waals surface area contributed by atoms with Crippen molar-refractivity contribution in [2.75, 3.05) is 79.2 Å². The Morgan fingerprint density at radius 3 is 2.12 bits per heavy atom. The summed E-state index contributed by atoms with van der Waals surface area (Å²) >= 11 is 1.87. The van der Waals surface area contributed by atoms with E-state index in [0.29, 0.717) is 26.0 Å². The summed E-state index contributed by atoms with van der Waals surface area (Å²) in [6.45, 7) is 4.92. The van der Waals surface area contributed by atoms with Crippen molar-refractivity contribution in [2.45, 2.75) is 26.2 Å². The third-order valence-corrected chi connectivity index (χ3v) is 7.82. The standard InChI is InChI=1S/C23H38BIN3O10P2.K/c1-3-35-8-10-38-16-20(31)26-6-7-36-9-11-37-15-18(29)12-17(23(34)28-14-22(33)40(2)24)4-5-19(30)27-13-21(32)39-25;/h17H,3-16H2,1-2H3,(H,26,31)(H,27,30)(H,28,34);/q-1;+1. The van der Waals surface area contributed by atoms with E-state index in [1.54, 1.807) is 6.66 Å². The van der Waals surface area contributed by atoms with Crippen LogP contribution in [-0.4, -0.2) is 121 Å². The summed E-state index contributed by atoms with van der Waals surface area (Å²) < 4.78 is 20.9. The molecular formula is C23H38BIKN3O10P2. The second kappa shape index (κ2) is 29.3. The Bertz CT molecular complexity index is 818. The number of halogens is 1. The number of Topliss-reactive ketones (excluding diaryl/α,β-unsaturated/α-hetero) is 1. The van der Waals surface area contributed by atoms with Gasteiger partial charge in [-0.05, 0) is 20.0 Å². The zero-order valence-electron chi connectivity index (χ0n) is 23.9. The van der Waals surface area contributed by atoms with Gasteiger partial charge in [-0.25, -0.2) is 0 Å². The molecule has 226 valence electrons. The van der Waals surface area contributed by atoms with Gasteiger partial charge in [-0.2, -0.15) is 0 Å². The summed E-state index contributed by atoms with van der Waals surface area (Å²) in [4.78, 5) is 71.8. The SMILES string of the molecule is [B]P(C)C(=O)CNC(=O)C(CCC(=O)NCC(=O)[P-]I)CC(=O)COCCOCCNC(=O)COCCOCC.[K+]. The molecule has 2 atom stereocenters. The van der Waals surface area contributed by atoms with Crippen molar-refractivity contribution in [2.24, 2.45) is 5.92 Å². The molecule has 0 aliphatic rings. The van der Waals surface area contributed by atoms with Crippen LogP contribution in [0.3, 0.4) is 0 Å². The summed E-state index contributed by atoms with van der Waals surface area (Å²) in [7, 11) is 4.21. The van der Waals surface area contributed by atoms with Crippen molar-refractivity contribution >= 4 is 78.2 Å². The maximum Gasteiger partial charge on any atom is 1.00 e. The predicted octanol–water partition coefficient (Wildman–Crippen LogP) is -2.67. The first-order valence-electron chi connectivity index (χ1n) is 12.6. The van der Waals surface area contributed by atoms with Crippen LogP contribution < -0.4 is 67.3 Å². The van der Waals surface area contributed by atoms with Gasteiger partial charge in [-0.1, -0.05) is 7.80 Å². The third kappa shape index (κ3) is 26.7. The summed E-state index contributed by atoms with van der Waals surface area (Å²) in [5, 5.41) is 7.59. The maximum absolute atomic E-state index is 12.6.